The zero-order chi connectivity index (χ0) is 33.7. The van der Waals surface area contributed by atoms with E-state index in [1.54, 1.807) is 0 Å². The Bertz CT molecular complexity index is 1800. The predicted molar refractivity (Wildman–Crippen MR) is 169 cm³/mol. The van der Waals surface area contributed by atoms with Gasteiger partial charge < -0.3 is 4.74 Å². The number of carbonyl (C=O) groups is 5. The van der Waals surface area contributed by atoms with Gasteiger partial charge in [0.05, 0.1) is 27.2 Å². The number of amides is 3. The van der Waals surface area contributed by atoms with E-state index in [-0.39, 0.29) is 55.3 Å². The molecule has 0 unspecified atom stereocenters. The summed E-state index contributed by atoms with van der Waals surface area (Å²) in [7, 11) is 0. The molecule has 2 aliphatic carbocycles. The number of hydrazine groups is 1. The molecule has 1 saturated heterocycles. The number of non-ortho nitro benzene ring substituents is 2. The summed E-state index contributed by atoms with van der Waals surface area (Å²) < 4.78 is 5.30. The molecule has 0 aromatic heterocycles. The number of ketones is 1. The Morgan fingerprint density at radius 1 is 0.745 bits per heavy atom. The summed E-state index contributed by atoms with van der Waals surface area (Å²) in [4.78, 5) is 88.1. The molecule has 3 amide bonds. The fraction of sp³-hybridized carbons (Fsp3) is 0.258. The highest BCUT2D eigenvalue weighted by molar-refractivity contribution is 9.12. The summed E-state index contributed by atoms with van der Waals surface area (Å²) in [5.74, 6) is -5.07. The Balaban J connectivity index is 1.23. The second kappa shape index (κ2) is 12.4. The van der Waals surface area contributed by atoms with E-state index in [1.165, 1.54) is 48.5 Å². The summed E-state index contributed by atoms with van der Waals surface area (Å²) in [5, 5.41) is 23.5. The van der Waals surface area contributed by atoms with E-state index in [1.807, 2.05) is 0 Å². The van der Waals surface area contributed by atoms with Crippen molar-refractivity contribution in [2.24, 2.45) is 23.7 Å². The van der Waals surface area contributed by atoms with Gasteiger partial charge >= 0.3 is 5.97 Å². The van der Waals surface area contributed by atoms with E-state index in [4.69, 9.17) is 4.74 Å². The molecule has 3 aromatic carbocycles. The van der Waals surface area contributed by atoms with Crippen molar-refractivity contribution in [1.29, 1.82) is 0 Å². The standard InChI is InChI=1S/C31H22Br2N4O10/c32-26-21-13-22(27(26)33)25-24(21)29(40)35(30(25)41)34(28(39)16-1-7-18(8-2-16)36(43)44)14-23(38)15-5-11-20(12-6-15)47-31(42)17-3-9-19(10-4-17)37(45)46/h1-12,21-22,24-27H,13-14H2/t21-,22-,24-,25-,26+,27+/m1/s1. The molecular formula is C31H22Br2N4O10. The van der Waals surface area contributed by atoms with Gasteiger partial charge in [-0.3, -0.25) is 39.4 Å². The number of benzene rings is 3. The number of carbonyl (C=O) groups excluding carboxylic acids is 5. The molecule has 2 saturated carbocycles. The number of esters is 1. The highest BCUT2D eigenvalue weighted by Gasteiger charge is 2.67. The first kappa shape index (κ1) is 32.1. The van der Waals surface area contributed by atoms with Crippen LogP contribution in [0.1, 0.15) is 37.5 Å². The van der Waals surface area contributed by atoms with Crippen molar-refractivity contribution in [3.8, 4) is 5.75 Å². The minimum absolute atomic E-state index is 0.0565. The van der Waals surface area contributed by atoms with Crippen LogP contribution < -0.4 is 4.74 Å². The third-order valence-electron chi connectivity index (χ3n) is 8.76. The summed E-state index contributed by atoms with van der Waals surface area (Å²) in [6, 6.07) is 14.7. The van der Waals surface area contributed by atoms with Crippen LogP contribution in [-0.2, 0) is 9.59 Å². The summed E-state index contributed by atoms with van der Waals surface area (Å²) in [5.41, 5.74) is -0.411. The number of Topliss-reactive ketones (excluding diaryl/α,β-unsaturated/α-hetero) is 1. The van der Waals surface area contributed by atoms with Crippen LogP contribution in [-0.4, -0.2) is 65.5 Å². The average molecular weight is 770 g/mol. The lowest BCUT2D eigenvalue weighted by Gasteiger charge is -2.30. The van der Waals surface area contributed by atoms with Gasteiger partial charge in [0.25, 0.3) is 29.1 Å². The normalized spacial score (nSPS) is 24.2. The van der Waals surface area contributed by atoms with Crippen LogP contribution in [0.15, 0.2) is 72.8 Å². The average Bonchev–Trinajstić information content (AvgIpc) is 3.68. The Morgan fingerprint density at radius 3 is 1.66 bits per heavy atom. The molecule has 3 fully saturated rings. The molecule has 1 heterocycles. The van der Waals surface area contributed by atoms with E-state index >= 15 is 0 Å². The number of hydrogen-bond donors (Lipinski definition) is 0. The molecule has 6 atom stereocenters. The van der Waals surface area contributed by atoms with Crippen molar-refractivity contribution in [1.82, 2.24) is 10.0 Å². The molecule has 0 spiro atoms. The van der Waals surface area contributed by atoms with E-state index in [9.17, 15) is 44.2 Å². The van der Waals surface area contributed by atoms with E-state index in [2.05, 4.69) is 31.9 Å². The van der Waals surface area contributed by atoms with Crippen LogP contribution in [0.4, 0.5) is 11.4 Å². The molecule has 0 N–H and O–H groups in total. The molecule has 3 aromatic rings. The lowest BCUT2D eigenvalue weighted by Crippen LogP contribution is -2.52. The summed E-state index contributed by atoms with van der Waals surface area (Å²) in [6.45, 7) is -0.709. The Morgan fingerprint density at radius 2 is 1.19 bits per heavy atom. The van der Waals surface area contributed by atoms with Crippen molar-refractivity contribution in [2.45, 2.75) is 16.1 Å². The molecule has 3 aliphatic rings. The van der Waals surface area contributed by atoms with Gasteiger partial charge in [-0.25, -0.2) is 9.80 Å². The maximum Gasteiger partial charge on any atom is 0.343 e. The van der Waals surface area contributed by atoms with Crippen LogP contribution in [0.5, 0.6) is 5.75 Å². The SMILES string of the molecule is O=C(CN(C(=O)c1ccc([N+](=O)[O-])cc1)N1C(=O)[C@@H]2[C@H]3C[C@@H]([C@H](Br)[C@H]3Br)[C@H]2C1=O)c1ccc(OC(=O)c2ccc([N+](=O)[O-])cc2)cc1. The smallest absolute Gasteiger partial charge is 0.343 e. The van der Waals surface area contributed by atoms with E-state index < -0.39 is 57.7 Å². The number of imide groups is 1. The van der Waals surface area contributed by atoms with Crippen molar-refractivity contribution in [2.75, 3.05) is 6.54 Å². The van der Waals surface area contributed by atoms with E-state index in [0.717, 1.165) is 34.3 Å². The minimum Gasteiger partial charge on any atom is -0.423 e. The third kappa shape index (κ3) is 5.71. The fourth-order valence-electron chi connectivity index (χ4n) is 6.50. The zero-order valence-electron chi connectivity index (χ0n) is 23.9. The number of nitrogens with zero attached hydrogens (tertiary/aromatic N) is 4. The molecule has 47 heavy (non-hydrogen) atoms. The van der Waals surface area contributed by atoms with Crippen LogP contribution in [0, 0.1) is 43.9 Å². The largest absolute Gasteiger partial charge is 0.423 e. The second-order valence-corrected chi connectivity index (χ2v) is 13.4. The molecule has 6 rings (SSSR count). The Labute approximate surface area is 282 Å². The van der Waals surface area contributed by atoms with Crippen molar-refractivity contribution in [3.05, 3.63) is 110 Å². The molecule has 240 valence electrons. The summed E-state index contributed by atoms with van der Waals surface area (Å²) >= 11 is 7.25. The minimum atomic E-state index is -0.873. The van der Waals surface area contributed by atoms with Gasteiger partial charge in [-0.15, -0.1) is 0 Å². The quantitative estimate of drug-likeness (QED) is 0.0560. The Kier molecular flexibility index (Phi) is 8.48. The van der Waals surface area contributed by atoms with Gasteiger partial charge in [-0.2, -0.15) is 5.01 Å². The molecule has 14 nitrogen and oxygen atoms in total. The van der Waals surface area contributed by atoms with Crippen LogP contribution in [0.3, 0.4) is 0 Å². The van der Waals surface area contributed by atoms with Crippen LogP contribution >= 0.6 is 31.9 Å². The van der Waals surface area contributed by atoms with Gasteiger partial charge in [0.15, 0.2) is 5.78 Å². The number of nitro benzene ring substituents is 2. The highest BCUT2D eigenvalue weighted by Crippen LogP contribution is 2.60. The first-order valence-corrected chi connectivity index (χ1v) is 16.0. The third-order valence-corrected chi connectivity index (χ3v) is 12.0. The lowest BCUT2D eigenvalue weighted by atomic mass is 9.81. The topological polar surface area (TPSA) is 187 Å². The van der Waals surface area contributed by atoms with Gasteiger partial charge in [-0.1, -0.05) is 31.9 Å². The number of nitro groups is 2. The number of fused-ring (bicyclic) bond motifs is 5. The van der Waals surface area contributed by atoms with Gasteiger partial charge in [0, 0.05) is 45.0 Å². The Hall–Kier alpha value is -4.83. The van der Waals surface area contributed by atoms with E-state index in [0.29, 0.717) is 6.42 Å². The van der Waals surface area contributed by atoms with Crippen LogP contribution in [0.2, 0.25) is 0 Å². The maximum absolute atomic E-state index is 13.8. The number of alkyl halides is 2. The van der Waals surface area contributed by atoms with Gasteiger partial charge in [0.2, 0.25) is 0 Å². The maximum atomic E-state index is 13.8. The molecule has 1 aliphatic heterocycles. The van der Waals surface area contributed by atoms with Crippen molar-refractivity contribution in [3.63, 3.8) is 0 Å². The highest BCUT2D eigenvalue weighted by atomic mass is 79.9. The first-order chi connectivity index (χ1) is 22.4. The van der Waals surface area contributed by atoms with Gasteiger partial charge in [-0.05, 0) is 66.8 Å². The monoisotopic (exact) mass is 768 g/mol. The molecule has 16 heteroatoms. The number of rotatable bonds is 9. The first-order valence-electron chi connectivity index (χ1n) is 14.2. The zero-order valence-corrected chi connectivity index (χ0v) is 27.1. The molecular weight excluding hydrogens is 748 g/mol. The van der Waals surface area contributed by atoms with Crippen molar-refractivity contribution < 1.29 is 38.6 Å². The fourth-order valence-corrected chi connectivity index (χ4v) is 8.37. The van der Waals surface area contributed by atoms with Gasteiger partial charge in [0.1, 0.15) is 12.3 Å². The van der Waals surface area contributed by atoms with Crippen molar-refractivity contribution >= 4 is 72.7 Å². The summed E-state index contributed by atoms with van der Waals surface area (Å²) in [6.07, 6.45) is 0.656. The predicted octanol–water partition coefficient (Wildman–Crippen LogP) is 4.74. The number of halogens is 2. The second-order valence-electron chi connectivity index (χ2n) is 11.3. The molecule has 2 bridgehead atoms. The number of ether oxygens (including phenoxy) is 1. The van der Waals surface area contributed by atoms with Crippen LogP contribution in [0.25, 0.3) is 0 Å². The number of hydrogen-bond acceptors (Lipinski definition) is 10. The molecule has 0 radical (unpaired) electrons. The lowest BCUT2D eigenvalue weighted by molar-refractivity contribution is -0.385.